The minimum Gasteiger partial charge on any atom is -0.481 e. The average molecular weight is 299 g/mol. The molecule has 2 rings (SSSR count). The maximum atomic E-state index is 10.9. The van der Waals surface area contributed by atoms with Gasteiger partial charge in [0.05, 0.1) is 22.1 Å². The van der Waals surface area contributed by atoms with Crippen LogP contribution in [0.3, 0.4) is 0 Å². The highest BCUT2D eigenvalue weighted by Crippen LogP contribution is 2.44. The third kappa shape index (κ3) is 3.19. The number of rotatable bonds is 6. The number of carboxylic acid groups (broad SMARTS) is 1. The van der Waals surface area contributed by atoms with Gasteiger partial charge in [0.1, 0.15) is 0 Å². The quantitative estimate of drug-likeness (QED) is 0.621. The number of halogens is 1. The molecular formula is C13H15ClN2O4. The average Bonchev–Trinajstić information content (AvgIpc) is 2.33. The fourth-order valence-electron chi connectivity index (χ4n) is 2.46. The predicted octanol–water partition coefficient (Wildman–Crippen LogP) is 3.31. The van der Waals surface area contributed by atoms with Crippen LogP contribution in [0.15, 0.2) is 18.2 Å². The van der Waals surface area contributed by atoms with Crippen molar-refractivity contribution in [3.63, 3.8) is 0 Å². The van der Waals surface area contributed by atoms with Gasteiger partial charge in [-0.3, -0.25) is 14.9 Å². The molecule has 0 atom stereocenters. The zero-order valence-corrected chi connectivity index (χ0v) is 11.5. The van der Waals surface area contributed by atoms with Gasteiger partial charge in [-0.05, 0) is 24.3 Å². The zero-order valence-electron chi connectivity index (χ0n) is 10.8. The Morgan fingerprint density at radius 3 is 2.65 bits per heavy atom. The van der Waals surface area contributed by atoms with Crippen LogP contribution in [-0.4, -0.2) is 22.5 Å². The number of anilines is 1. The van der Waals surface area contributed by atoms with Crippen LogP contribution in [0.2, 0.25) is 5.02 Å². The number of hydrogen-bond acceptors (Lipinski definition) is 4. The van der Waals surface area contributed by atoms with Gasteiger partial charge in [0, 0.05) is 18.7 Å². The lowest BCUT2D eigenvalue weighted by atomic mass is 9.66. The highest BCUT2D eigenvalue weighted by Gasteiger charge is 2.38. The third-order valence-electron chi connectivity index (χ3n) is 3.76. The van der Waals surface area contributed by atoms with E-state index >= 15 is 0 Å². The van der Waals surface area contributed by atoms with E-state index in [-0.39, 0.29) is 22.5 Å². The molecule has 0 aromatic heterocycles. The second-order valence-corrected chi connectivity index (χ2v) is 5.61. The van der Waals surface area contributed by atoms with E-state index in [1.165, 1.54) is 12.1 Å². The summed E-state index contributed by atoms with van der Waals surface area (Å²) in [4.78, 5) is 21.0. The fourth-order valence-corrected chi connectivity index (χ4v) is 2.70. The summed E-state index contributed by atoms with van der Waals surface area (Å²) >= 11 is 5.99. The van der Waals surface area contributed by atoms with Crippen molar-refractivity contribution in [3.8, 4) is 0 Å². The Morgan fingerprint density at radius 2 is 2.20 bits per heavy atom. The first kappa shape index (κ1) is 14.6. The number of nitrogens with zero attached hydrogens (tertiary/aromatic N) is 1. The first-order valence-electron chi connectivity index (χ1n) is 6.31. The molecule has 0 bridgehead atoms. The van der Waals surface area contributed by atoms with E-state index < -0.39 is 10.9 Å². The molecule has 1 aliphatic rings. The SMILES string of the molecule is O=C(O)CC1(CNc2ccc([N+](=O)[O-])cc2Cl)CCC1. The molecule has 1 fully saturated rings. The van der Waals surface area contributed by atoms with Crippen molar-refractivity contribution < 1.29 is 14.8 Å². The van der Waals surface area contributed by atoms with E-state index in [1.54, 1.807) is 6.07 Å². The molecule has 1 aromatic rings. The number of carbonyl (C=O) groups is 1. The Balaban J connectivity index is 2.03. The Kier molecular flexibility index (Phi) is 4.13. The second-order valence-electron chi connectivity index (χ2n) is 5.20. The summed E-state index contributed by atoms with van der Waals surface area (Å²) in [6, 6.07) is 4.21. The molecule has 1 aliphatic carbocycles. The summed E-state index contributed by atoms with van der Waals surface area (Å²) in [5.74, 6) is -0.804. The lowest BCUT2D eigenvalue weighted by Crippen LogP contribution is -2.38. The molecule has 0 radical (unpaired) electrons. The number of aliphatic carboxylic acids is 1. The van der Waals surface area contributed by atoms with Crippen LogP contribution in [0.1, 0.15) is 25.7 Å². The molecule has 0 aliphatic heterocycles. The lowest BCUT2D eigenvalue weighted by Gasteiger charge is -2.41. The minimum atomic E-state index is -0.804. The second kappa shape index (κ2) is 5.66. The van der Waals surface area contributed by atoms with Crippen molar-refractivity contribution in [2.45, 2.75) is 25.7 Å². The first-order chi connectivity index (χ1) is 9.42. The molecule has 6 nitrogen and oxygen atoms in total. The minimum absolute atomic E-state index is 0.0653. The van der Waals surface area contributed by atoms with E-state index in [4.69, 9.17) is 16.7 Å². The molecule has 1 saturated carbocycles. The Hall–Kier alpha value is -1.82. The molecule has 108 valence electrons. The van der Waals surface area contributed by atoms with E-state index in [0.717, 1.165) is 19.3 Å². The molecule has 0 spiro atoms. The number of hydrogen-bond donors (Lipinski definition) is 2. The molecule has 0 saturated heterocycles. The van der Waals surface area contributed by atoms with Crippen molar-refractivity contribution in [2.24, 2.45) is 5.41 Å². The Morgan fingerprint density at radius 1 is 1.50 bits per heavy atom. The van der Waals surface area contributed by atoms with E-state index in [0.29, 0.717) is 12.2 Å². The fraction of sp³-hybridized carbons (Fsp3) is 0.462. The smallest absolute Gasteiger partial charge is 0.303 e. The summed E-state index contributed by atoms with van der Waals surface area (Å²) in [7, 11) is 0. The molecule has 0 unspecified atom stereocenters. The Labute approximate surface area is 120 Å². The standard InChI is InChI=1S/C13H15ClN2O4/c14-10-6-9(16(19)20)2-3-11(10)15-8-13(4-1-5-13)7-12(17)18/h2-3,6,15H,1,4-5,7-8H2,(H,17,18). The molecular weight excluding hydrogens is 284 g/mol. The van der Waals surface area contributed by atoms with Gasteiger partial charge in [0.15, 0.2) is 0 Å². The van der Waals surface area contributed by atoms with Crippen molar-refractivity contribution in [1.29, 1.82) is 0 Å². The van der Waals surface area contributed by atoms with Crippen LogP contribution in [0.4, 0.5) is 11.4 Å². The number of non-ortho nitro benzene ring substituents is 1. The van der Waals surface area contributed by atoms with Gasteiger partial charge in [-0.1, -0.05) is 18.0 Å². The van der Waals surface area contributed by atoms with Gasteiger partial charge in [-0.25, -0.2) is 0 Å². The van der Waals surface area contributed by atoms with Crippen LogP contribution < -0.4 is 5.32 Å². The monoisotopic (exact) mass is 298 g/mol. The molecule has 7 heteroatoms. The highest BCUT2D eigenvalue weighted by molar-refractivity contribution is 6.33. The van der Waals surface area contributed by atoms with Gasteiger partial charge in [-0.15, -0.1) is 0 Å². The predicted molar refractivity (Wildman–Crippen MR) is 75.1 cm³/mol. The maximum absolute atomic E-state index is 10.9. The summed E-state index contributed by atoms with van der Waals surface area (Å²) in [5.41, 5.74) is 0.301. The van der Waals surface area contributed by atoms with E-state index in [1.807, 2.05) is 0 Å². The molecule has 1 aromatic carbocycles. The van der Waals surface area contributed by atoms with Crippen LogP contribution >= 0.6 is 11.6 Å². The van der Waals surface area contributed by atoms with Gasteiger partial charge in [0.25, 0.3) is 5.69 Å². The number of nitro groups is 1. The van der Waals surface area contributed by atoms with Crippen molar-refractivity contribution in [2.75, 3.05) is 11.9 Å². The van der Waals surface area contributed by atoms with Crippen LogP contribution in [-0.2, 0) is 4.79 Å². The topological polar surface area (TPSA) is 92.5 Å². The van der Waals surface area contributed by atoms with Gasteiger partial charge in [0.2, 0.25) is 0 Å². The maximum Gasteiger partial charge on any atom is 0.303 e. The number of carboxylic acids is 1. The number of benzene rings is 1. The lowest BCUT2D eigenvalue weighted by molar-refractivity contribution is -0.384. The van der Waals surface area contributed by atoms with E-state index in [9.17, 15) is 14.9 Å². The number of nitrogens with one attached hydrogen (secondary N) is 1. The van der Waals surface area contributed by atoms with Crippen LogP contribution in [0.5, 0.6) is 0 Å². The van der Waals surface area contributed by atoms with Gasteiger partial charge < -0.3 is 10.4 Å². The molecule has 20 heavy (non-hydrogen) atoms. The third-order valence-corrected chi connectivity index (χ3v) is 4.07. The summed E-state index contributed by atoms with van der Waals surface area (Å²) < 4.78 is 0. The summed E-state index contributed by atoms with van der Waals surface area (Å²) in [6.45, 7) is 0.511. The molecule has 2 N–H and O–H groups in total. The van der Waals surface area contributed by atoms with Crippen LogP contribution in [0.25, 0.3) is 0 Å². The normalized spacial score (nSPS) is 16.2. The molecule has 0 amide bonds. The summed E-state index contributed by atoms with van der Waals surface area (Å²) in [5, 5.41) is 22.9. The number of nitro benzene ring substituents is 1. The van der Waals surface area contributed by atoms with Gasteiger partial charge in [-0.2, -0.15) is 0 Å². The summed E-state index contributed by atoms with van der Waals surface area (Å²) in [6.07, 6.45) is 2.90. The molecule has 0 heterocycles. The van der Waals surface area contributed by atoms with Crippen molar-refractivity contribution >= 4 is 28.9 Å². The van der Waals surface area contributed by atoms with Crippen LogP contribution in [0, 0.1) is 15.5 Å². The Bertz CT molecular complexity index is 543. The van der Waals surface area contributed by atoms with Crippen molar-refractivity contribution in [1.82, 2.24) is 0 Å². The first-order valence-corrected chi connectivity index (χ1v) is 6.69. The van der Waals surface area contributed by atoms with E-state index in [2.05, 4.69) is 5.32 Å². The zero-order chi connectivity index (χ0) is 14.8. The van der Waals surface area contributed by atoms with Gasteiger partial charge >= 0.3 is 5.97 Å². The largest absolute Gasteiger partial charge is 0.481 e. The van der Waals surface area contributed by atoms with Crippen molar-refractivity contribution in [3.05, 3.63) is 33.3 Å². The highest BCUT2D eigenvalue weighted by atomic mass is 35.5.